The van der Waals surface area contributed by atoms with Crippen LogP contribution >= 0.6 is 0 Å². The van der Waals surface area contributed by atoms with Crippen molar-refractivity contribution in [2.75, 3.05) is 20.3 Å². The minimum absolute atomic E-state index is 0.0884. The summed E-state index contributed by atoms with van der Waals surface area (Å²) in [5.74, 6) is 0.830. The molecule has 0 saturated heterocycles. The van der Waals surface area contributed by atoms with E-state index in [-0.39, 0.29) is 5.97 Å². The molecule has 0 aliphatic carbocycles. The van der Waals surface area contributed by atoms with Crippen LogP contribution in [0.4, 0.5) is 0 Å². The lowest BCUT2D eigenvalue weighted by atomic mass is 10.2. The highest BCUT2D eigenvalue weighted by Crippen LogP contribution is 2.16. The summed E-state index contributed by atoms with van der Waals surface area (Å²) in [7, 11) is 1.69. The Morgan fingerprint density at radius 3 is 2.75 bits per heavy atom. The van der Waals surface area contributed by atoms with E-state index < -0.39 is 0 Å². The number of carbonyl (C=O) groups excluding carboxylic acids is 1. The number of methoxy groups -OCH3 is 1. The van der Waals surface area contributed by atoms with Gasteiger partial charge in [-0.3, -0.25) is 4.79 Å². The molecule has 0 heterocycles. The van der Waals surface area contributed by atoms with Crippen molar-refractivity contribution < 1.29 is 14.3 Å². The van der Waals surface area contributed by atoms with E-state index in [1.165, 1.54) is 5.56 Å². The SMILES string of the molecule is CCOC(=O)CCCCCNCc1ccccc1OC. The zero-order chi connectivity index (χ0) is 14.6. The number of hydrogen-bond donors (Lipinski definition) is 1. The lowest BCUT2D eigenvalue weighted by Crippen LogP contribution is -2.15. The van der Waals surface area contributed by atoms with Crippen LogP contribution in [-0.4, -0.2) is 26.2 Å². The number of hydrogen-bond acceptors (Lipinski definition) is 4. The van der Waals surface area contributed by atoms with Crippen LogP contribution in [-0.2, 0) is 16.1 Å². The molecule has 1 rings (SSSR count). The monoisotopic (exact) mass is 279 g/mol. The summed E-state index contributed by atoms with van der Waals surface area (Å²) in [6, 6.07) is 8.01. The minimum atomic E-state index is -0.0884. The quantitative estimate of drug-likeness (QED) is 0.528. The van der Waals surface area contributed by atoms with Gasteiger partial charge >= 0.3 is 5.97 Å². The summed E-state index contributed by atoms with van der Waals surface area (Å²) in [6.45, 7) is 4.06. The van der Waals surface area contributed by atoms with Gasteiger partial charge in [-0.15, -0.1) is 0 Å². The molecule has 0 saturated carbocycles. The number of para-hydroxylation sites is 1. The van der Waals surface area contributed by atoms with E-state index in [4.69, 9.17) is 9.47 Å². The van der Waals surface area contributed by atoms with Crippen LogP contribution in [0.3, 0.4) is 0 Å². The van der Waals surface area contributed by atoms with Crippen LogP contribution in [0.2, 0.25) is 0 Å². The molecule has 112 valence electrons. The predicted octanol–water partition coefficient (Wildman–Crippen LogP) is 2.91. The molecule has 20 heavy (non-hydrogen) atoms. The van der Waals surface area contributed by atoms with E-state index in [0.717, 1.165) is 38.1 Å². The molecular weight excluding hydrogens is 254 g/mol. The fourth-order valence-corrected chi connectivity index (χ4v) is 2.00. The maximum atomic E-state index is 11.1. The largest absolute Gasteiger partial charge is 0.496 e. The first-order valence-electron chi connectivity index (χ1n) is 7.26. The van der Waals surface area contributed by atoms with Crippen LogP contribution in [0.15, 0.2) is 24.3 Å². The summed E-state index contributed by atoms with van der Waals surface area (Å²) < 4.78 is 10.2. The average molecular weight is 279 g/mol. The third kappa shape index (κ3) is 6.57. The van der Waals surface area contributed by atoms with Gasteiger partial charge in [0.2, 0.25) is 0 Å². The number of carbonyl (C=O) groups is 1. The first kappa shape index (κ1) is 16.5. The molecule has 1 aromatic carbocycles. The highest BCUT2D eigenvalue weighted by Gasteiger charge is 2.02. The molecule has 0 atom stereocenters. The Morgan fingerprint density at radius 2 is 2.00 bits per heavy atom. The highest BCUT2D eigenvalue weighted by atomic mass is 16.5. The maximum absolute atomic E-state index is 11.1. The molecule has 0 aromatic heterocycles. The van der Waals surface area contributed by atoms with E-state index in [0.29, 0.717) is 13.0 Å². The lowest BCUT2D eigenvalue weighted by molar-refractivity contribution is -0.143. The smallest absolute Gasteiger partial charge is 0.305 e. The molecule has 0 aliphatic rings. The Bertz CT molecular complexity index is 393. The second-order valence-electron chi connectivity index (χ2n) is 4.60. The molecule has 1 N–H and O–H groups in total. The predicted molar refractivity (Wildman–Crippen MR) is 79.8 cm³/mol. The average Bonchev–Trinajstić information content (AvgIpc) is 2.47. The van der Waals surface area contributed by atoms with E-state index >= 15 is 0 Å². The maximum Gasteiger partial charge on any atom is 0.305 e. The van der Waals surface area contributed by atoms with Gasteiger partial charge in [0.15, 0.2) is 0 Å². The van der Waals surface area contributed by atoms with Crippen molar-refractivity contribution in [3.05, 3.63) is 29.8 Å². The molecule has 0 aliphatic heterocycles. The van der Waals surface area contributed by atoms with Crippen LogP contribution < -0.4 is 10.1 Å². The molecule has 0 radical (unpaired) electrons. The fraction of sp³-hybridized carbons (Fsp3) is 0.562. The van der Waals surface area contributed by atoms with Crippen molar-refractivity contribution >= 4 is 5.97 Å². The number of ether oxygens (including phenoxy) is 2. The summed E-state index contributed by atoms with van der Waals surface area (Å²) >= 11 is 0. The number of rotatable bonds is 10. The molecule has 0 fully saturated rings. The van der Waals surface area contributed by atoms with Crippen molar-refractivity contribution in [2.24, 2.45) is 0 Å². The van der Waals surface area contributed by atoms with Gasteiger partial charge in [0.25, 0.3) is 0 Å². The topological polar surface area (TPSA) is 47.6 Å². The first-order chi connectivity index (χ1) is 9.77. The van der Waals surface area contributed by atoms with Crippen LogP contribution in [0, 0.1) is 0 Å². The molecule has 4 nitrogen and oxygen atoms in total. The zero-order valence-corrected chi connectivity index (χ0v) is 12.5. The standard InChI is InChI=1S/C16H25NO3/c1-3-20-16(18)11-5-4-8-12-17-13-14-9-6-7-10-15(14)19-2/h6-7,9-10,17H,3-5,8,11-13H2,1-2H3. The normalized spacial score (nSPS) is 10.3. The van der Waals surface area contributed by atoms with Crippen LogP contribution in [0.5, 0.6) is 5.75 Å². The van der Waals surface area contributed by atoms with Crippen molar-refractivity contribution in [3.8, 4) is 5.75 Å². The lowest BCUT2D eigenvalue weighted by Gasteiger charge is -2.09. The Balaban J connectivity index is 2.06. The van der Waals surface area contributed by atoms with E-state index in [1.54, 1.807) is 7.11 Å². The molecule has 1 aromatic rings. The van der Waals surface area contributed by atoms with Crippen molar-refractivity contribution in [1.82, 2.24) is 5.32 Å². The van der Waals surface area contributed by atoms with Crippen molar-refractivity contribution in [2.45, 2.75) is 39.2 Å². The van der Waals surface area contributed by atoms with Gasteiger partial charge in [0, 0.05) is 18.5 Å². The van der Waals surface area contributed by atoms with Gasteiger partial charge in [-0.25, -0.2) is 0 Å². The first-order valence-corrected chi connectivity index (χ1v) is 7.26. The minimum Gasteiger partial charge on any atom is -0.496 e. The fourth-order valence-electron chi connectivity index (χ4n) is 2.00. The highest BCUT2D eigenvalue weighted by molar-refractivity contribution is 5.69. The summed E-state index contributed by atoms with van der Waals surface area (Å²) in [5, 5.41) is 3.39. The Morgan fingerprint density at radius 1 is 1.20 bits per heavy atom. The van der Waals surface area contributed by atoms with Gasteiger partial charge in [0.1, 0.15) is 5.75 Å². The van der Waals surface area contributed by atoms with Crippen molar-refractivity contribution in [1.29, 1.82) is 0 Å². The van der Waals surface area contributed by atoms with Gasteiger partial charge < -0.3 is 14.8 Å². The van der Waals surface area contributed by atoms with Gasteiger partial charge in [0.05, 0.1) is 13.7 Å². The number of esters is 1. The van der Waals surface area contributed by atoms with E-state index in [1.807, 2.05) is 25.1 Å². The number of unbranched alkanes of at least 4 members (excludes halogenated alkanes) is 2. The second-order valence-corrected chi connectivity index (χ2v) is 4.60. The molecular formula is C16H25NO3. The molecule has 0 spiro atoms. The third-order valence-corrected chi connectivity index (χ3v) is 3.05. The second kappa shape index (κ2) is 10.3. The number of nitrogens with one attached hydrogen (secondary N) is 1. The molecule has 4 heteroatoms. The molecule has 0 bridgehead atoms. The Labute approximate surface area is 121 Å². The number of benzene rings is 1. The third-order valence-electron chi connectivity index (χ3n) is 3.05. The van der Waals surface area contributed by atoms with Gasteiger partial charge in [-0.2, -0.15) is 0 Å². The van der Waals surface area contributed by atoms with Crippen molar-refractivity contribution in [3.63, 3.8) is 0 Å². The Hall–Kier alpha value is -1.55. The van der Waals surface area contributed by atoms with Gasteiger partial charge in [-0.05, 0) is 32.4 Å². The molecule has 0 unspecified atom stereocenters. The summed E-state index contributed by atoms with van der Waals surface area (Å²) in [5.41, 5.74) is 1.17. The van der Waals surface area contributed by atoms with Crippen LogP contribution in [0.1, 0.15) is 38.2 Å². The Kier molecular flexibility index (Phi) is 8.47. The zero-order valence-electron chi connectivity index (χ0n) is 12.5. The molecule has 0 amide bonds. The van der Waals surface area contributed by atoms with E-state index in [2.05, 4.69) is 11.4 Å². The summed E-state index contributed by atoms with van der Waals surface area (Å²) in [6.07, 6.45) is 3.53. The van der Waals surface area contributed by atoms with Crippen LogP contribution in [0.25, 0.3) is 0 Å². The van der Waals surface area contributed by atoms with Gasteiger partial charge in [-0.1, -0.05) is 24.6 Å². The summed E-state index contributed by atoms with van der Waals surface area (Å²) in [4.78, 5) is 11.1. The van der Waals surface area contributed by atoms with E-state index in [9.17, 15) is 4.79 Å².